The van der Waals surface area contributed by atoms with E-state index in [1.54, 1.807) is 7.11 Å². The molecule has 0 radical (unpaired) electrons. The van der Waals surface area contributed by atoms with Gasteiger partial charge in [0, 0.05) is 19.8 Å². The zero-order chi connectivity index (χ0) is 12.5. The van der Waals surface area contributed by atoms with Gasteiger partial charge < -0.3 is 14.8 Å². The largest absolute Gasteiger partial charge is 0.496 e. The first kappa shape index (κ1) is 14.5. The summed E-state index contributed by atoms with van der Waals surface area (Å²) in [5.41, 5.74) is 1.24. The molecule has 0 saturated heterocycles. The highest BCUT2D eigenvalue weighted by atomic mass is 79.9. The van der Waals surface area contributed by atoms with E-state index in [4.69, 9.17) is 9.47 Å². The first-order valence-electron chi connectivity index (χ1n) is 5.88. The Labute approximate surface area is 112 Å². The third kappa shape index (κ3) is 5.52. The molecule has 0 bridgehead atoms. The fraction of sp³-hybridized carbons (Fsp3) is 0.538. The van der Waals surface area contributed by atoms with Crippen molar-refractivity contribution in [2.24, 2.45) is 0 Å². The van der Waals surface area contributed by atoms with Crippen LogP contribution in [0.25, 0.3) is 0 Å². The van der Waals surface area contributed by atoms with E-state index in [-0.39, 0.29) is 0 Å². The van der Waals surface area contributed by atoms with Crippen molar-refractivity contribution in [2.45, 2.75) is 19.9 Å². The van der Waals surface area contributed by atoms with Crippen molar-refractivity contribution >= 4 is 15.9 Å². The standard InChI is InChI=1S/C13H20BrNO2/c1-3-17-8-4-7-15-10-11-5-6-13(16-2)12(14)9-11/h5-6,9,15H,3-4,7-8,10H2,1-2H3. The second-order valence-corrected chi connectivity index (χ2v) is 4.55. The molecule has 96 valence electrons. The normalized spacial score (nSPS) is 10.5. The summed E-state index contributed by atoms with van der Waals surface area (Å²) in [6, 6.07) is 6.12. The average molecular weight is 302 g/mol. The molecular weight excluding hydrogens is 282 g/mol. The third-order valence-corrected chi connectivity index (χ3v) is 3.01. The molecule has 0 saturated carbocycles. The summed E-state index contributed by atoms with van der Waals surface area (Å²) in [6.07, 6.45) is 1.05. The molecule has 0 fully saturated rings. The van der Waals surface area contributed by atoms with E-state index >= 15 is 0 Å². The predicted octanol–water partition coefficient (Wildman–Crippen LogP) is 2.97. The van der Waals surface area contributed by atoms with Crippen LogP contribution in [0.2, 0.25) is 0 Å². The van der Waals surface area contributed by atoms with Gasteiger partial charge in [-0.15, -0.1) is 0 Å². The molecule has 0 aromatic heterocycles. The van der Waals surface area contributed by atoms with E-state index in [2.05, 4.69) is 33.4 Å². The van der Waals surface area contributed by atoms with Gasteiger partial charge in [-0.25, -0.2) is 0 Å². The Bertz CT molecular complexity index is 331. The average Bonchev–Trinajstić information content (AvgIpc) is 2.34. The maximum absolute atomic E-state index is 5.27. The van der Waals surface area contributed by atoms with Gasteiger partial charge in [-0.2, -0.15) is 0 Å². The highest BCUT2D eigenvalue weighted by Crippen LogP contribution is 2.25. The lowest BCUT2D eigenvalue weighted by Gasteiger charge is -2.08. The molecule has 0 unspecified atom stereocenters. The maximum Gasteiger partial charge on any atom is 0.133 e. The molecule has 1 rings (SSSR count). The van der Waals surface area contributed by atoms with E-state index in [0.29, 0.717) is 0 Å². The van der Waals surface area contributed by atoms with Gasteiger partial charge in [0.25, 0.3) is 0 Å². The Morgan fingerprint density at radius 3 is 2.82 bits per heavy atom. The fourth-order valence-corrected chi connectivity index (χ4v) is 2.08. The van der Waals surface area contributed by atoms with E-state index in [1.165, 1.54) is 5.56 Å². The molecule has 0 aliphatic rings. The number of hydrogen-bond acceptors (Lipinski definition) is 3. The Hall–Kier alpha value is -0.580. The summed E-state index contributed by atoms with van der Waals surface area (Å²) in [7, 11) is 1.67. The SMILES string of the molecule is CCOCCCNCc1ccc(OC)c(Br)c1. The van der Waals surface area contributed by atoms with Crippen LogP contribution in [0.4, 0.5) is 0 Å². The number of benzene rings is 1. The van der Waals surface area contributed by atoms with Crippen LogP contribution in [-0.4, -0.2) is 26.9 Å². The lowest BCUT2D eigenvalue weighted by Crippen LogP contribution is -2.16. The molecule has 0 aliphatic heterocycles. The number of methoxy groups -OCH3 is 1. The van der Waals surface area contributed by atoms with Crippen LogP contribution in [0.5, 0.6) is 5.75 Å². The molecule has 0 spiro atoms. The van der Waals surface area contributed by atoms with Gasteiger partial charge in [0.15, 0.2) is 0 Å². The van der Waals surface area contributed by atoms with Crippen molar-refractivity contribution in [3.8, 4) is 5.75 Å². The molecule has 1 N–H and O–H groups in total. The Morgan fingerprint density at radius 2 is 2.18 bits per heavy atom. The van der Waals surface area contributed by atoms with Gasteiger partial charge in [0.05, 0.1) is 11.6 Å². The van der Waals surface area contributed by atoms with Crippen molar-refractivity contribution in [3.63, 3.8) is 0 Å². The molecule has 1 aromatic carbocycles. The Kier molecular flexibility index (Phi) is 7.24. The van der Waals surface area contributed by atoms with Gasteiger partial charge in [0.2, 0.25) is 0 Å². The third-order valence-electron chi connectivity index (χ3n) is 2.39. The van der Waals surface area contributed by atoms with Crippen molar-refractivity contribution in [2.75, 3.05) is 26.9 Å². The second kappa shape index (κ2) is 8.50. The van der Waals surface area contributed by atoms with E-state index in [9.17, 15) is 0 Å². The first-order chi connectivity index (χ1) is 8.27. The molecule has 0 heterocycles. The molecule has 17 heavy (non-hydrogen) atoms. The molecule has 4 heteroatoms. The summed E-state index contributed by atoms with van der Waals surface area (Å²) in [5, 5.41) is 3.38. The Morgan fingerprint density at radius 1 is 1.35 bits per heavy atom. The summed E-state index contributed by atoms with van der Waals surface area (Å²) < 4.78 is 11.5. The number of ether oxygens (including phenoxy) is 2. The number of rotatable bonds is 8. The van der Waals surface area contributed by atoms with E-state index < -0.39 is 0 Å². The quantitative estimate of drug-likeness (QED) is 0.749. The van der Waals surface area contributed by atoms with Crippen LogP contribution in [-0.2, 0) is 11.3 Å². The van der Waals surface area contributed by atoms with Crippen LogP contribution in [0, 0.1) is 0 Å². The van der Waals surface area contributed by atoms with Crippen LogP contribution < -0.4 is 10.1 Å². The summed E-state index contributed by atoms with van der Waals surface area (Å²) in [4.78, 5) is 0. The van der Waals surface area contributed by atoms with Crippen molar-refractivity contribution in [1.82, 2.24) is 5.32 Å². The summed E-state index contributed by atoms with van der Waals surface area (Å²) in [5.74, 6) is 0.866. The topological polar surface area (TPSA) is 30.5 Å². The van der Waals surface area contributed by atoms with Gasteiger partial charge in [-0.05, 0) is 53.5 Å². The minimum atomic E-state index is 0.797. The molecule has 0 amide bonds. The highest BCUT2D eigenvalue weighted by molar-refractivity contribution is 9.10. The highest BCUT2D eigenvalue weighted by Gasteiger charge is 2.00. The maximum atomic E-state index is 5.27. The monoisotopic (exact) mass is 301 g/mol. The van der Waals surface area contributed by atoms with E-state index in [0.717, 1.165) is 42.9 Å². The van der Waals surface area contributed by atoms with E-state index in [1.807, 2.05) is 13.0 Å². The lowest BCUT2D eigenvalue weighted by molar-refractivity contribution is 0.144. The van der Waals surface area contributed by atoms with Crippen LogP contribution >= 0.6 is 15.9 Å². The van der Waals surface area contributed by atoms with Gasteiger partial charge in [-0.1, -0.05) is 6.07 Å². The van der Waals surface area contributed by atoms with Crippen LogP contribution in [0.3, 0.4) is 0 Å². The fourth-order valence-electron chi connectivity index (χ4n) is 1.50. The minimum Gasteiger partial charge on any atom is -0.496 e. The van der Waals surface area contributed by atoms with Gasteiger partial charge in [-0.3, -0.25) is 0 Å². The number of hydrogen-bond donors (Lipinski definition) is 1. The molecule has 0 aliphatic carbocycles. The molecule has 3 nitrogen and oxygen atoms in total. The lowest BCUT2D eigenvalue weighted by atomic mass is 10.2. The molecule has 1 aromatic rings. The number of nitrogens with one attached hydrogen (secondary N) is 1. The second-order valence-electron chi connectivity index (χ2n) is 3.70. The Balaban J connectivity index is 2.25. The smallest absolute Gasteiger partial charge is 0.133 e. The predicted molar refractivity (Wildman–Crippen MR) is 73.5 cm³/mol. The first-order valence-corrected chi connectivity index (χ1v) is 6.68. The molecule has 0 atom stereocenters. The van der Waals surface area contributed by atoms with Crippen molar-refractivity contribution in [3.05, 3.63) is 28.2 Å². The summed E-state index contributed by atoms with van der Waals surface area (Å²) >= 11 is 3.48. The van der Waals surface area contributed by atoms with Gasteiger partial charge >= 0.3 is 0 Å². The zero-order valence-corrected chi connectivity index (χ0v) is 12.0. The van der Waals surface area contributed by atoms with Crippen molar-refractivity contribution in [1.29, 1.82) is 0 Å². The zero-order valence-electron chi connectivity index (χ0n) is 10.5. The summed E-state index contributed by atoms with van der Waals surface area (Å²) in [6.45, 7) is 5.49. The van der Waals surface area contributed by atoms with Crippen LogP contribution in [0.15, 0.2) is 22.7 Å². The van der Waals surface area contributed by atoms with Crippen molar-refractivity contribution < 1.29 is 9.47 Å². The number of halogens is 1. The van der Waals surface area contributed by atoms with Gasteiger partial charge in [0.1, 0.15) is 5.75 Å². The van der Waals surface area contributed by atoms with Crippen LogP contribution in [0.1, 0.15) is 18.9 Å². The molecular formula is C13H20BrNO2. The minimum absolute atomic E-state index is 0.797.